The molecule has 5 rings (SSSR count). The molecule has 1 aliphatic heterocycles. The number of halogens is 3. The van der Waals surface area contributed by atoms with Crippen molar-refractivity contribution in [1.29, 1.82) is 0 Å². The Hall–Kier alpha value is -3.07. The fourth-order valence-corrected chi connectivity index (χ4v) is 4.71. The molecule has 1 saturated heterocycles. The minimum Gasteiger partial charge on any atom is -0.353 e. The number of piperazine rings is 1. The van der Waals surface area contributed by atoms with E-state index in [0.717, 1.165) is 55.7 Å². The number of hydrogen-bond acceptors (Lipinski definition) is 6. The van der Waals surface area contributed by atoms with E-state index < -0.39 is 11.6 Å². The lowest BCUT2D eigenvalue weighted by molar-refractivity contribution is -0.197. The van der Waals surface area contributed by atoms with E-state index in [9.17, 15) is 13.2 Å². The number of allylic oxidation sites excluding steroid dienone is 1. The Kier molecular flexibility index (Phi) is 6.44. The SMILES string of the molecule is C/C(=C\c1cnccc1-c1nc(N2CCNCC2)c2c(C3CCC3)cncc2n1)C(C)(C)C(F)(F)F. The van der Waals surface area contributed by atoms with E-state index in [0.29, 0.717) is 22.9 Å². The highest BCUT2D eigenvalue weighted by molar-refractivity contribution is 5.94. The third kappa shape index (κ3) is 4.45. The van der Waals surface area contributed by atoms with Crippen molar-refractivity contribution in [3.8, 4) is 11.4 Å². The van der Waals surface area contributed by atoms with Crippen LogP contribution in [0.3, 0.4) is 0 Å². The molecule has 0 atom stereocenters. The summed E-state index contributed by atoms with van der Waals surface area (Å²) in [6, 6.07) is 1.77. The highest BCUT2D eigenvalue weighted by atomic mass is 19.4. The van der Waals surface area contributed by atoms with Gasteiger partial charge in [-0.15, -0.1) is 0 Å². The predicted molar refractivity (Wildman–Crippen MR) is 136 cm³/mol. The van der Waals surface area contributed by atoms with Crippen LogP contribution in [0.15, 0.2) is 36.4 Å². The van der Waals surface area contributed by atoms with Crippen LogP contribution in [0.2, 0.25) is 0 Å². The van der Waals surface area contributed by atoms with Gasteiger partial charge in [0, 0.05) is 61.3 Å². The number of rotatable bonds is 5. The number of nitrogens with zero attached hydrogens (tertiary/aromatic N) is 5. The average Bonchev–Trinajstić information content (AvgIpc) is 2.82. The molecular weight excluding hydrogens is 465 g/mol. The minimum atomic E-state index is -4.37. The number of fused-ring (bicyclic) bond motifs is 1. The Morgan fingerprint density at radius 3 is 2.47 bits per heavy atom. The first-order valence-corrected chi connectivity index (χ1v) is 12.5. The molecule has 9 heteroatoms. The van der Waals surface area contributed by atoms with E-state index in [1.54, 1.807) is 30.7 Å². The van der Waals surface area contributed by atoms with Gasteiger partial charge in [-0.3, -0.25) is 9.97 Å². The Morgan fingerprint density at radius 2 is 1.81 bits per heavy atom. The van der Waals surface area contributed by atoms with Crippen molar-refractivity contribution >= 4 is 22.8 Å². The highest BCUT2D eigenvalue weighted by Gasteiger charge is 2.48. The molecule has 4 heterocycles. The quantitative estimate of drug-likeness (QED) is 0.485. The van der Waals surface area contributed by atoms with Gasteiger partial charge >= 0.3 is 6.18 Å². The molecule has 0 bridgehead atoms. The third-order valence-corrected chi connectivity index (χ3v) is 7.74. The van der Waals surface area contributed by atoms with Crippen molar-refractivity contribution in [3.63, 3.8) is 0 Å². The summed E-state index contributed by atoms with van der Waals surface area (Å²) in [6.45, 7) is 7.25. The fraction of sp³-hybridized carbons (Fsp3) is 0.481. The molecule has 2 aliphatic rings. The smallest absolute Gasteiger partial charge is 0.353 e. The molecule has 0 amide bonds. The molecular formula is C27H31F3N6. The van der Waals surface area contributed by atoms with Gasteiger partial charge in [0.15, 0.2) is 5.82 Å². The summed E-state index contributed by atoms with van der Waals surface area (Å²) in [6.07, 6.45) is 7.58. The lowest BCUT2D eigenvalue weighted by Gasteiger charge is -2.32. The van der Waals surface area contributed by atoms with Gasteiger partial charge in [0.05, 0.1) is 17.1 Å². The molecule has 1 aliphatic carbocycles. The normalized spacial score (nSPS) is 17.9. The van der Waals surface area contributed by atoms with Crippen molar-refractivity contribution in [2.45, 2.75) is 52.1 Å². The van der Waals surface area contributed by atoms with Crippen molar-refractivity contribution < 1.29 is 13.2 Å². The van der Waals surface area contributed by atoms with E-state index in [1.165, 1.54) is 32.8 Å². The van der Waals surface area contributed by atoms with E-state index in [1.807, 2.05) is 6.20 Å². The zero-order valence-electron chi connectivity index (χ0n) is 20.9. The van der Waals surface area contributed by atoms with Crippen LogP contribution in [0.1, 0.15) is 57.1 Å². The van der Waals surface area contributed by atoms with Gasteiger partial charge < -0.3 is 10.2 Å². The summed E-state index contributed by atoms with van der Waals surface area (Å²) in [7, 11) is 0. The first kappa shape index (κ1) is 24.6. The molecule has 6 nitrogen and oxygen atoms in total. The van der Waals surface area contributed by atoms with Crippen molar-refractivity contribution in [1.82, 2.24) is 25.3 Å². The first-order valence-electron chi connectivity index (χ1n) is 12.5. The molecule has 0 radical (unpaired) electrons. The molecule has 190 valence electrons. The molecule has 36 heavy (non-hydrogen) atoms. The number of aromatic nitrogens is 4. The van der Waals surface area contributed by atoms with Crippen molar-refractivity contribution in [2.24, 2.45) is 5.41 Å². The lowest BCUT2D eigenvalue weighted by atomic mass is 9.79. The van der Waals surface area contributed by atoms with Gasteiger partial charge in [-0.1, -0.05) is 18.1 Å². The van der Waals surface area contributed by atoms with Gasteiger partial charge in [-0.05, 0) is 51.2 Å². The van der Waals surface area contributed by atoms with Crippen LogP contribution in [0.5, 0.6) is 0 Å². The Bertz CT molecular complexity index is 1290. The molecule has 0 spiro atoms. The van der Waals surface area contributed by atoms with E-state index in [2.05, 4.69) is 20.2 Å². The summed E-state index contributed by atoms with van der Waals surface area (Å²) >= 11 is 0. The van der Waals surface area contributed by atoms with Crippen LogP contribution in [0.4, 0.5) is 19.0 Å². The molecule has 3 aromatic heterocycles. The van der Waals surface area contributed by atoms with Gasteiger partial charge in [-0.25, -0.2) is 9.97 Å². The van der Waals surface area contributed by atoms with Gasteiger partial charge in [0.1, 0.15) is 5.82 Å². The van der Waals surface area contributed by atoms with Crippen LogP contribution >= 0.6 is 0 Å². The maximum Gasteiger partial charge on any atom is 0.397 e. The molecule has 1 saturated carbocycles. The molecule has 0 aromatic carbocycles. The lowest BCUT2D eigenvalue weighted by Crippen LogP contribution is -2.44. The molecule has 3 aromatic rings. The summed E-state index contributed by atoms with van der Waals surface area (Å²) in [4.78, 5) is 20.9. The number of anilines is 1. The number of pyridine rings is 2. The van der Waals surface area contributed by atoms with E-state index >= 15 is 0 Å². The average molecular weight is 497 g/mol. The zero-order chi connectivity index (χ0) is 25.5. The van der Waals surface area contributed by atoms with Crippen LogP contribution in [-0.2, 0) is 0 Å². The summed E-state index contributed by atoms with van der Waals surface area (Å²) < 4.78 is 41.0. The maximum atomic E-state index is 13.7. The number of hydrogen-bond donors (Lipinski definition) is 1. The largest absolute Gasteiger partial charge is 0.397 e. The fourth-order valence-electron chi connectivity index (χ4n) is 4.71. The molecule has 1 N–H and O–H groups in total. The second kappa shape index (κ2) is 9.42. The monoisotopic (exact) mass is 496 g/mol. The first-order chi connectivity index (χ1) is 17.2. The van der Waals surface area contributed by atoms with Crippen LogP contribution in [0, 0.1) is 5.41 Å². The maximum absolute atomic E-state index is 13.7. The van der Waals surface area contributed by atoms with E-state index in [4.69, 9.17) is 9.97 Å². The Labute approximate surface area is 209 Å². The van der Waals surface area contributed by atoms with Gasteiger partial charge in [0.2, 0.25) is 0 Å². The van der Waals surface area contributed by atoms with Crippen LogP contribution in [0.25, 0.3) is 28.4 Å². The second-order valence-corrected chi connectivity index (χ2v) is 10.3. The standard InChI is InChI=1S/C27H31F3N6/c1-17(26(2,3)27(28,29)30)13-19-14-32-8-7-20(19)24-34-22-16-33-15-21(18-5-4-6-18)23(22)25(35-24)36-11-9-31-10-12-36/h7-8,13-16,18,31H,4-6,9-12H2,1-3H3/b17-13+. The topological polar surface area (TPSA) is 66.8 Å². The minimum absolute atomic E-state index is 0.196. The molecule has 0 unspecified atom stereocenters. The Morgan fingerprint density at radius 1 is 1.06 bits per heavy atom. The second-order valence-electron chi connectivity index (χ2n) is 10.3. The van der Waals surface area contributed by atoms with Crippen LogP contribution in [-0.4, -0.2) is 52.3 Å². The summed E-state index contributed by atoms with van der Waals surface area (Å²) in [5.74, 6) is 1.80. The molecule has 2 fully saturated rings. The third-order valence-electron chi connectivity index (χ3n) is 7.74. The van der Waals surface area contributed by atoms with Crippen molar-refractivity contribution in [3.05, 3.63) is 47.6 Å². The number of nitrogens with one attached hydrogen (secondary N) is 1. The predicted octanol–water partition coefficient (Wildman–Crippen LogP) is 5.76. The Balaban J connectivity index is 1.67. The van der Waals surface area contributed by atoms with Gasteiger partial charge in [0.25, 0.3) is 0 Å². The van der Waals surface area contributed by atoms with Crippen LogP contribution < -0.4 is 10.2 Å². The zero-order valence-corrected chi connectivity index (χ0v) is 20.9. The number of alkyl halides is 3. The summed E-state index contributed by atoms with van der Waals surface area (Å²) in [5, 5.41) is 4.43. The van der Waals surface area contributed by atoms with Crippen molar-refractivity contribution in [2.75, 3.05) is 31.1 Å². The van der Waals surface area contributed by atoms with E-state index in [-0.39, 0.29) is 5.57 Å². The van der Waals surface area contributed by atoms with Gasteiger partial charge in [-0.2, -0.15) is 13.2 Å². The highest BCUT2D eigenvalue weighted by Crippen LogP contribution is 2.45. The summed E-state index contributed by atoms with van der Waals surface area (Å²) in [5.41, 5.74) is 1.38.